The van der Waals surface area contributed by atoms with Gasteiger partial charge in [-0.05, 0) is 36.8 Å². The molecule has 0 aromatic heterocycles. The quantitative estimate of drug-likeness (QED) is 0.736. The van der Waals surface area contributed by atoms with E-state index < -0.39 is 6.10 Å². The number of amides is 3. The van der Waals surface area contributed by atoms with Gasteiger partial charge in [0.05, 0.1) is 0 Å². The van der Waals surface area contributed by atoms with Gasteiger partial charge in [0.25, 0.3) is 11.8 Å². The van der Waals surface area contributed by atoms with Crippen LogP contribution in [0.5, 0.6) is 11.5 Å². The second-order valence-electron chi connectivity index (χ2n) is 8.18. The Kier molecular flexibility index (Phi) is 5.43. The zero-order chi connectivity index (χ0) is 22.1. The Balaban J connectivity index is 1.19. The predicted octanol–water partition coefficient (Wildman–Crippen LogP) is 1.94. The van der Waals surface area contributed by atoms with E-state index in [1.165, 1.54) is 0 Å². The molecule has 0 spiro atoms. The summed E-state index contributed by atoms with van der Waals surface area (Å²) >= 11 is 0. The number of nitrogens with zero attached hydrogens (tertiary/aromatic N) is 3. The number of carbonyl (C=O) groups excluding carboxylic acids is 3. The van der Waals surface area contributed by atoms with Crippen LogP contribution >= 0.6 is 0 Å². The maximum atomic E-state index is 13.0. The first-order valence-corrected chi connectivity index (χ1v) is 11.0. The summed E-state index contributed by atoms with van der Waals surface area (Å²) in [5.41, 5.74) is 1.32. The Morgan fingerprint density at radius 2 is 1.62 bits per heavy atom. The monoisotopic (exact) mass is 435 g/mol. The van der Waals surface area contributed by atoms with Gasteiger partial charge < -0.3 is 24.2 Å². The normalized spacial score (nSPS) is 20.4. The molecule has 0 radical (unpaired) electrons. The average molecular weight is 435 g/mol. The van der Waals surface area contributed by atoms with Gasteiger partial charge in [-0.1, -0.05) is 18.2 Å². The van der Waals surface area contributed by atoms with Crippen LogP contribution in [0.3, 0.4) is 0 Å². The Bertz CT molecular complexity index is 1050. The van der Waals surface area contributed by atoms with Gasteiger partial charge in [0.1, 0.15) is 6.61 Å². The van der Waals surface area contributed by atoms with Crippen molar-refractivity contribution >= 4 is 23.4 Å². The number of piperazine rings is 1. The molecule has 3 aliphatic rings. The van der Waals surface area contributed by atoms with E-state index in [-0.39, 0.29) is 24.3 Å². The molecular weight excluding hydrogens is 410 g/mol. The van der Waals surface area contributed by atoms with Crippen LogP contribution in [0.25, 0.3) is 0 Å². The van der Waals surface area contributed by atoms with Gasteiger partial charge in [-0.25, -0.2) is 0 Å². The number of hydrogen-bond donors (Lipinski definition) is 0. The van der Waals surface area contributed by atoms with Crippen LogP contribution in [0.2, 0.25) is 0 Å². The molecule has 0 aliphatic carbocycles. The molecule has 0 saturated carbocycles. The summed E-state index contributed by atoms with van der Waals surface area (Å²) in [7, 11) is 0. The first-order valence-electron chi connectivity index (χ1n) is 11.0. The van der Waals surface area contributed by atoms with Crippen LogP contribution in [-0.4, -0.2) is 73.0 Å². The van der Waals surface area contributed by atoms with Gasteiger partial charge in [-0.2, -0.15) is 0 Å². The minimum absolute atomic E-state index is 0.0863. The van der Waals surface area contributed by atoms with Crippen LogP contribution in [0.15, 0.2) is 48.5 Å². The fourth-order valence-corrected chi connectivity index (χ4v) is 4.39. The van der Waals surface area contributed by atoms with Crippen LogP contribution in [-0.2, 0) is 9.59 Å². The minimum atomic E-state index is -0.679. The van der Waals surface area contributed by atoms with E-state index in [2.05, 4.69) is 0 Å². The van der Waals surface area contributed by atoms with Crippen molar-refractivity contribution in [3.63, 3.8) is 0 Å². The third kappa shape index (κ3) is 3.88. The zero-order valence-electron chi connectivity index (χ0n) is 17.7. The summed E-state index contributed by atoms with van der Waals surface area (Å²) in [5.74, 6) is 1.10. The van der Waals surface area contributed by atoms with Gasteiger partial charge in [0.2, 0.25) is 12.0 Å². The lowest BCUT2D eigenvalue weighted by molar-refractivity contribution is -0.142. The highest BCUT2D eigenvalue weighted by Crippen LogP contribution is 2.31. The second kappa shape index (κ2) is 8.53. The molecule has 8 nitrogen and oxygen atoms in total. The molecule has 166 valence electrons. The number of anilines is 1. The number of carbonyl (C=O) groups is 3. The molecule has 3 aliphatic heterocycles. The van der Waals surface area contributed by atoms with Gasteiger partial charge in [-0.15, -0.1) is 0 Å². The van der Waals surface area contributed by atoms with E-state index in [9.17, 15) is 14.4 Å². The Labute approximate surface area is 186 Å². The molecule has 0 N–H and O–H groups in total. The number of para-hydroxylation sites is 2. The van der Waals surface area contributed by atoms with Crippen molar-refractivity contribution in [2.75, 3.05) is 44.2 Å². The molecule has 2 fully saturated rings. The maximum Gasteiger partial charge on any atom is 0.267 e. The smallest absolute Gasteiger partial charge is 0.267 e. The van der Waals surface area contributed by atoms with E-state index in [0.717, 1.165) is 12.1 Å². The minimum Gasteiger partial charge on any atom is -0.485 e. The lowest BCUT2D eigenvalue weighted by Gasteiger charge is -2.37. The highest BCUT2D eigenvalue weighted by molar-refractivity contribution is 5.99. The SMILES string of the molecule is O=C(c1cccc(N2CCCC2=O)c1)N1CCN(C(=O)C2COc3ccccc3O2)CC1. The molecule has 5 rings (SSSR count). The van der Waals surface area contributed by atoms with Crippen molar-refractivity contribution in [2.24, 2.45) is 0 Å². The summed E-state index contributed by atoms with van der Waals surface area (Å²) < 4.78 is 11.5. The number of hydrogen-bond acceptors (Lipinski definition) is 5. The summed E-state index contributed by atoms with van der Waals surface area (Å²) in [6.07, 6.45) is 0.714. The van der Waals surface area contributed by atoms with Gasteiger partial charge in [-0.3, -0.25) is 14.4 Å². The summed E-state index contributed by atoms with van der Waals surface area (Å²) in [6, 6.07) is 14.5. The average Bonchev–Trinajstić information content (AvgIpc) is 3.29. The van der Waals surface area contributed by atoms with Crippen LogP contribution in [0.1, 0.15) is 23.2 Å². The van der Waals surface area contributed by atoms with E-state index in [1.54, 1.807) is 32.9 Å². The summed E-state index contributed by atoms with van der Waals surface area (Å²) in [5, 5.41) is 0. The number of benzene rings is 2. The molecule has 3 heterocycles. The van der Waals surface area contributed by atoms with Crippen molar-refractivity contribution in [1.29, 1.82) is 0 Å². The third-order valence-electron chi connectivity index (χ3n) is 6.14. The lowest BCUT2D eigenvalue weighted by atomic mass is 10.1. The molecule has 2 aromatic carbocycles. The molecule has 1 atom stereocenters. The van der Waals surface area contributed by atoms with Crippen molar-refractivity contribution in [1.82, 2.24) is 9.80 Å². The van der Waals surface area contributed by atoms with Crippen LogP contribution < -0.4 is 14.4 Å². The third-order valence-corrected chi connectivity index (χ3v) is 6.14. The topological polar surface area (TPSA) is 79.4 Å². The molecule has 1 unspecified atom stereocenters. The molecular formula is C24H25N3O5. The highest BCUT2D eigenvalue weighted by atomic mass is 16.6. The first kappa shape index (κ1) is 20.4. The summed E-state index contributed by atoms with van der Waals surface area (Å²) in [6.45, 7) is 2.64. The first-order chi connectivity index (χ1) is 15.6. The number of fused-ring (bicyclic) bond motifs is 1. The second-order valence-corrected chi connectivity index (χ2v) is 8.18. The summed E-state index contributed by atoms with van der Waals surface area (Å²) in [4.78, 5) is 43.2. The Hall–Kier alpha value is -3.55. The molecule has 32 heavy (non-hydrogen) atoms. The molecule has 2 aromatic rings. The largest absolute Gasteiger partial charge is 0.485 e. The van der Waals surface area contributed by atoms with Gasteiger partial charge in [0, 0.05) is 50.4 Å². The molecule has 0 bridgehead atoms. The van der Waals surface area contributed by atoms with E-state index in [0.29, 0.717) is 56.2 Å². The lowest BCUT2D eigenvalue weighted by Crippen LogP contribution is -2.55. The number of ether oxygens (including phenoxy) is 2. The molecule has 2 saturated heterocycles. The van der Waals surface area contributed by atoms with Crippen molar-refractivity contribution in [3.8, 4) is 11.5 Å². The Morgan fingerprint density at radius 1 is 0.875 bits per heavy atom. The molecule has 8 heteroatoms. The van der Waals surface area contributed by atoms with Gasteiger partial charge >= 0.3 is 0 Å². The zero-order valence-corrected chi connectivity index (χ0v) is 17.7. The Morgan fingerprint density at radius 3 is 2.38 bits per heavy atom. The van der Waals surface area contributed by atoms with Crippen LogP contribution in [0.4, 0.5) is 5.69 Å². The van der Waals surface area contributed by atoms with Crippen LogP contribution in [0, 0.1) is 0 Å². The van der Waals surface area contributed by atoms with Crippen molar-refractivity contribution in [2.45, 2.75) is 18.9 Å². The predicted molar refractivity (Wildman–Crippen MR) is 117 cm³/mol. The fraction of sp³-hybridized carbons (Fsp3) is 0.375. The van der Waals surface area contributed by atoms with Crippen molar-refractivity contribution in [3.05, 3.63) is 54.1 Å². The highest BCUT2D eigenvalue weighted by Gasteiger charge is 2.33. The maximum absolute atomic E-state index is 13.0. The number of rotatable bonds is 3. The van der Waals surface area contributed by atoms with Gasteiger partial charge in [0.15, 0.2) is 11.5 Å². The van der Waals surface area contributed by atoms with E-state index in [1.807, 2.05) is 30.3 Å². The van der Waals surface area contributed by atoms with Crippen molar-refractivity contribution < 1.29 is 23.9 Å². The standard InChI is InChI=1S/C24H25N3O5/c28-22-9-4-10-27(22)18-6-3-5-17(15-18)23(29)25-11-13-26(14-12-25)24(30)21-16-31-19-7-1-2-8-20(19)32-21/h1-3,5-8,15,21H,4,9-14,16H2. The van der Waals surface area contributed by atoms with E-state index in [4.69, 9.17) is 9.47 Å². The fourth-order valence-electron chi connectivity index (χ4n) is 4.39. The van der Waals surface area contributed by atoms with E-state index >= 15 is 0 Å². The molecule has 3 amide bonds.